The Morgan fingerprint density at radius 1 is 1.19 bits per heavy atom. The van der Waals surface area contributed by atoms with Crippen molar-refractivity contribution in [3.05, 3.63) is 66.5 Å². The van der Waals surface area contributed by atoms with Crippen molar-refractivity contribution in [2.24, 2.45) is 0 Å². The monoisotopic (exact) mass is 421 g/mol. The van der Waals surface area contributed by atoms with Crippen molar-refractivity contribution in [2.75, 3.05) is 20.3 Å². The molecular weight excluding hydrogens is 390 g/mol. The van der Waals surface area contributed by atoms with Crippen LogP contribution in [-0.4, -0.2) is 35.7 Å². The van der Waals surface area contributed by atoms with E-state index in [-0.39, 0.29) is 5.91 Å². The molecule has 2 aromatic carbocycles. The average Bonchev–Trinajstić information content (AvgIpc) is 3.11. The topological polar surface area (TPSA) is 65.4 Å². The van der Waals surface area contributed by atoms with Crippen LogP contribution in [-0.2, 0) is 24.2 Å². The van der Waals surface area contributed by atoms with E-state index in [9.17, 15) is 4.79 Å². The van der Waals surface area contributed by atoms with Crippen LogP contribution < -0.4 is 14.8 Å². The number of amides is 1. The van der Waals surface area contributed by atoms with Gasteiger partial charge < -0.3 is 19.4 Å². The zero-order valence-electron chi connectivity index (χ0n) is 18.4. The van der Waals surface area contributed by atoms with E-state index in [1.54, 1.807) is 7.11 Å². The van der Waals surface area contributed by atoms with Crippen LogP contribution in [0.25, 0.3) is 11.0 Å². The van der Waals surface area contributed by atoms with Gasteiger partial charge in [0.2, 0.25) is 5.91 Å². The first-order valence-electron chi connectivity index (χ1n) is 10.7. The van der Waals surface area contributed by atoms with Crippen LogP contribution in [0.4, 0.5) is 0 Å². The maximum atomic E-state index is 11.2. The first-order valence-corrected chi connectivity index (χ1v) is 10.7. The minimum absolute atomic E-state index is 0.0206. The Morgan fingerprint density at radius 3 is 2.81 bits per heavy atom. The Morgan fingerprint density at radius 2 is 2.03 bits per heavy atom. The van der Waals surface area contributed by atoms with E-state index in [1.807, 2.05) is 42.5 Å². The summed E-state index contributed by atoms with van der Waals surface area (Å²) in [5.74, 6) is 2.49. The van der Waals surface area contributed by atoms with Crippen LogP contribution in [0.3, 0.4) is 0 Å². The summed E-state index contributed by atoms with van der Waals surface area (Å²) in [5, 5.41) is 2.85. The van der Waals surface area contributed by atoms with E-state index >= 15 is 0 Å². The van der Waals surface area contributed by atoms with Crippen molar-refractivity contribution in [3.63, 3.8) is 0 Å². The molecule has 6 nitrogen and oxygen atoms in total. The molecule has 0 radical (unpaired) electrons. The molecule has 0 fully saturated rings. The number of carbonyl (C=O) groups excluding carboxylic acids is 1. The average molecular weight is 422 g/mol. The number of nitrogens with one attached hydrogen (secondary N) is 1. The number of aryl methyl sites for hydroxylation is 1. The molecule has 0 atom stereocenters. The quantitative estimate of drug-likeness (QED) is 0.350. The maximum Gasteiger partial charge on any atom is 0.216 e. The molecule has 3 rings (SSSR count). The lowest BCUT2D eigenvalue weighted by atomic mass is 10.1. The number of fused-ring (bicyclic) bond motifs is 1. The van der Waals surface area contributed by atoms with Gasteiger partial charge in [-0.05, 0) is 49.1 Å². The number of hydrogen-bond donors (Lipinski definition) is 1. The van der Waals surface area contributed by atoms with Crippen LogP contribution in [0, 0.1) is 0 Å². The van der Waals surface area contributed by atoms with Crippen LogP contribution in [0.5, 0.6) is 11.5 Å². The van der Waals surface area contributed by atoms with Crippen molar-refractivity contribution < 1.29 is 14.3 Å². The molecule has 164 valence electrons. The second-order valence-electron chi connectivity index (χ2n) is 7.43. The van der Waals surface area contributed by atoms with Crippen LogP contribution in [0.15, 0.2) is 55.1 Å². The zero-order valence-corrected chi connectivity index (χ0v) is 18.4. The predicted molar refractivity (Wildman–Crippen MR) is 124 cm³/mol. The van der Waals surface area contributed by atoms with Crippen LogP contribution >= 0.6 is 0 Å². The minimum Gasteiger partial charge on any atom is -0.493 e. The number of para-hydroxylation sites is 2. The van der Waals surface area contributed by atoms with Gasteiger partial charge in [0, 0.05) is 26.4 Å². The summed E-state index contributed by atoms with van der Waals surface area (Å²) in [4.78, 5) is 15.9. The minimum atomic E-state index is -0.0206. The summed E-state index contributed by atoms with van der Waals surface area (Å²) in [6.07, 6.45) is 5.26. The first kappa shape index (κ1) is 22.4. The van der Waals surface area contributed by atoms with E-state index in [0.717, 1.165) is 59.7 Å². The van der Waals surface area contributed by atoms with Crippen LogP contribution in [0.1, 0.15) is 31.2 Å². The van der Waals surface area contributed by atoms with Gasteiger partial charge in [-0.1, -0.05) is 24.3 Å². The molecule has 0 aliphatic carbocycles. The molecule has 0 aliphatic rings. The van der Waals surface area contributed by atoms with Gasteiger partial charge in [-0.3, -0.25) is 4.79 Å². The number of allylic oxidation sites excluding steroid dienone is 1. The van der Waals surface area contributed by atoms with E-state index < -0.39 is 0 Å². The van der Waals surface area contributed by atoms with Gasteiger partial charge in [-0.2, -0.15) is 0 Å². The van der Waals surface area contributed by atoms with E-state index in [2.05, 4.69) is 22.5 Å². The number of nitrogens with zero attached hydrogens (tertiary/aromatic N) is 2. The lowest BCUT2D eigenvalue weighted by Crippen LogP contribution is -2.23. The van der Waals surface area contributed by atoms with Crippen molar-refractivity contribution in [3.8, 4) is 11.5 Å². The maximum absolute atomic E-state index is 11.2. The third-order valence-electron chi connectivity index (χ3n) is 5.10. The van der Waals surface area contributed by atoms with Crippen molar-refractivity contribution >= 4 is 16.9 Å². The Kier molecular flexibility index (Phi) is 8.10. The molecule has 1 N–H and O–H groups in total. The highest BCUT2D eigenvalue weighted by Crippen LogP contribution is 2.28. The number of unbranched alkanes of at least 4 members (excludes halogenated alkanes) is 1. The lowest BCUT2D eigenvalue weighted by Gasteiger charge is -2.13. The second-order valence-corrected chi connectivity index (χ2v) is 7.43. The fourth-order valence-electron chi connectivity index (χ4n) is 3.60. The Bertz CT molecular complexity index is 1030. The standard InChI is InChI=1S/C25H31N3O3/c1-4-9-20-12-13-23(24(18-20)30-3)31-17-8-7-16-28-22-11-6-5-10-21(22)27-25(28)14-15-26-19(2)29/h4-6,10-13,18H,1,7-9,14-17H2,2-3H3,(H,26,29). The SMILES string of the molecule is C=CCc1ccc(OCCCCn2c(CCNC(C)=O)nc3ccccc32)c(OC)c1. The summed E-state index contributed by atoms with van der Waals surface area (Å²) >= 11 is 0. The van der Waals surface area contributed by atoms with E-state index in [1.165, 1.54) is 6.92 Å². The Balaban J connectivity index is 1.57. The van der Waals surface area contributed by atoms with Crippen LogP contribution in [0.2, 0.25) is 0 Å². The molecule has 0 spiro atoms. The molecule has 1 amide bonds. The van der Waals surface area contributed by atoms with Gasteiger partial charge >= 0.3 is 0 Å². The first-order chi connectivity index (χ1) is 15.1. The molecule has 31 heavy (non-hydrogen) atoms. The van der Waals surface area contributed by atoms with Gasteiger partial charge in [-0.25, -0.2) is 4.98 Å². The number of methoxy groups -OCH3 is 1. The van der Waals surface area contributed by atoms with Gasteiger partial charge in [0.05, 0.1) is 24.8 Å². The summed E-state index contributed by atoms with van der Waals surface area (Å²) < 4.78 is 13.7. The highest BCUT2D eigenvalue weighted by molar-refractivity contribution is 5.76. The molecular formula is C25H31N3O3. The third-order valence-corrected chi connectivity index (χ3v) is 5.10. The van der Waals surface area contributed by atoms with E-state index in [0.29, 0.717) is 19.6 Å². The molecule has 0 saturated heterocycles. The van der Waals surface area contributed by atoms with Crippen molar-refractivity contribution in [2.45, 2.75) is 39.2 Å². The molecule has 0 aliphatic heterocycles. The summed E-state index contributed by atoms with van der Waals surface area (Å²) in [5.41, 5.74) is 3.26. The number of benzene rings is 2. The normalized spacial score (nSPS) is 10.8. The van der Waals surface area contributed by atoms with Crippen molar-refractivity contribution in [1.82, 2.24) is 14.9 Å². The number of imidazole rings is 1. The van der Waals surface area contributed by atoms with E-state index in [4.69, 9.17) is 14.5 Å². The second kappa shape index (κ2) is 11.2. The smallest absolute Gasteiger partial charge is 0.216 e. The largest absolute Gasteiger partial charge is 0.493 e. The number of carbonyl (C=O) groups is 1. The molecule has 1 heterocycles. The van der Waals surface area contributed by atoms with Crippen molar-refractivity contribution in [1.29, 1.82) is 0 Å². The molecule has 6 heteroatoms. The predicted octanol–water partition coefficient (Wildman–Crippen LogP) is 4.31. The zero-order chi connectivity index (χ0) is 22.1. The summed E-state index contributed by atoms with van der Waals surface area (Å²) in [6.45, 7) is 7.37. The number of aromatic nitrogens is 2. The van der Waals surface area contributed by atoms with Gasteiger partial charge in [-0.15, -0.1) is 6.58 Å². The fourth-order valence-corrected chi connectivity index (χ4v) is 3.60. The highest BCUT2D eigenvalue weighted by atomic mass is 16.5. The van der Waals surface area contributed by atoms with Gasteiger partial charge in [0.15, 0.2) is 11.5 Å². The Hall–Kier alpha value is -3.28. The molecule has 0 saturated carbocycles. The number of hydrogen-bond acceptors (Lipinski definition) is 4. The van der Waals surface area contributed by atoms with Gasteiger partial charge in [0.25, 0.3) is 0 Å². The molecule has 0 unspecified atom stereocenters. The van der Waals surface area contributed by atoms with Gasteiger partial charge in [0.1, 0.15) is 5.82 Å². The molecule has 0 bridgehead atoms. The lowest BCUT2D eigenvalue weighted by molar-refractivity contribution is -0.118. The summed E-state index contributed by atoms with van der Waals surface area (Å²) in [7, 11) is 1.66. The number of rotatable bonds is 12. The third kappa shape index (κ3) is 6.10. The Labute approximate surface area is 183 Å². The highest BCUT2D eigenvalue weighted by Gasteiger charge is 2.11. The summed E-state index contributed by atoms with van der Waals surface area (Å²) in [6, 6.07) is 14.1. The number of ether oxygens (including phenoxy) is 2. The molecule has 3 aromatic rings. The molecule has 1 aromatic heterocycles. The fraction of sp³-hybridized carbons (Fsp3) is 0.360.